The van der Waals surface area contributed by atoms with Crippen molar-refractivity contribution in [1.29, 1.82) is 0 Å². The van der Waals surface area contributed by atoms with E-state index in [4.69, 9.17) is 0 Å². The van der Waals surface area contributed by atoms with E-state index in [-0.39, 0.29) is 24.7 Å². The third-order valence-corrected chi connectivity index (χ3v) is 5.64. The molecule has 0 unspecified atom stereocenters. The lowest BCUT2D eigenvalue weighted by molar-refractivity contribution is -0.133. The van der Waals surface area contributed by atoms with Crippen molar-refractivity contribution in [3.8, 4) is 0 Å². The monoisotopic (exact) mass is 401 g/mol. The molecule has 3 aromatic rings. The zero-order chi connectivity index (χ0) is 20.8. The van der Waals surface area contributed by atoms with E-state index in [1.165, 1.54) is 22.1 Å². The number of rotatable bonds is 7. The van der Waals surface area contributed by atoms with Gasteiger partial charge in [-0.25, -0.2) is 0 Å². The fraction of sp³-hybridized carbons (Fsp3) is 0.280. The summed E-state index contributed by atoms with van der Waals surface area (Å²) in [6.07, 6.45) is 6.31. The first-order valence-corrected chi connectivity index (χ1v) is 10.5. The van der Waals surface area contributed by atoms with Crippen molar-refractivity contribution in [2.75, 3.05) is 19.6 Å². The third kappa shape index (κ3) is 4.79. The van der Waals surface area contributed by atoms with E-state index in [2.05, 4.69) is 28.5 Å². The average Bonchev–Trinajstić information content (AvgIpc) is 3.22. The molecule has 30 heavy (non-hydrogen) atoms. The van der Waals surface area contributed by atoms with Gasteiger partial charge in [-0.3, -0.25) is 9.59 Å². The van der Waals surface area contributed by atoms with Gasteiger partial charge in [-0.2, -0.15) is 0 Å². The normalized spacial score (nSPS) is 13.9. The molecule has 2 heterocycles. The van der Waals surface area contributed by atoms with Gasteiger partial charge < -0.3 is 15.2 Å². The van der Waals surface area contributed by atoms with Gasteiger partial charge in [0.1, 0.15) is 0 Å². The van der Waals surface area contributed by atoms with E-state index in [1.54, 1.807) is 0 Å². The van der Waals surface area contributed by atoms with Crippen LogP contribution in [0.15, 0.2) is 66.9 Å². The second kappa shape index (κ2) is 9.44. The number of nitrogens with one attached hydrogen (secondary N) is 2. The lowest BCUT2D eigenvalue weighted by Crippen LogP contribution is -2.35. The number of carbonyl (C=O) groups is 2. The summed E-state index contributed by atoms with van der Waals surface area (Å²) in [7, 11) is 0. The number of hydrogen-bond acceptors (Lipinski definition) is 2. The number of aromatic nitrogens is 1. The largest absolute Gasteiger partial charge is 0.361 e. The molecule has 1 aliphatic rings. The summed E-state index contributed by atoms with van der Waals surface area (Å²) in [6.45, 7) is 1.89. The highest BCUT2D eigenvalue weighted by molar-refractivity contribution is 5.93. The molecule has 0 aliphatic carbocycles. The summed E-state index contributed by atoms with van der Waals surface area (Å²) in [6, 6.07) is 18.3. The molecule has 0 fully saturated rings. The fourth-order valence-corrected chi connectivity index (χ4v) is 3.94. The molecule has 0 spiro atoms. The Kier molecular flexibility index (Phi) is 6.28. The van der Waals surface area contributed by atoms with Crippen molar-refractivity contribution in [3.05, 3.63) is 78.0 Å². The maximum atomic E-state index is 12.5. The van der Waals surface area contributed by atoms with Gasteiger partial charge in [0, 0.05) is 55.1 Å². The molecule has 2 aromatic carbocycles. The molecule has 2 amide bonds. The number of nitrogens with zero attached hydrogens (tertiary/aromatic N) is 1. The summed E-state index contributed by atoms with van der Waals surface area (Å²) in [5, 5.41) is 4.13. The highest BCUT2D eigenvalue weighted by atomic mass is 16.2. The maximum Gasteiger partial charge on any atom is 0.223 e. The number of para-hydroxylation sites is 1. The minimum Gasteiger partial charge on any atom is -0.361 e. The van der Waals surface area contributed by atoms with Crippen LogP contribution in [0.1, 0.15) is 30.4 Å². The van der Waals surface area contributed by atoms with Gasteiger partial charge in [-0.05, 0) is 30.0 Å². The Balaban J connectivity index is 1.23. The van der Waals surface area contributed by atoms with Crippen LogP contribution >= 0.6 is 0 Å². The quantitative estimate of drug-likeness (QED) is 0.630. The first kappa shape index (κ1) is 20.0. The Morgan fingerprint density at radius 1 is 1.00 bits per heavy atom. The lowest BCUT2D eigenvalue weighted by atomic mass is 9.98. The second-order valence-electron chi connectivity index (χ2n) is 7.65. The van der Waals surface area contributed by atoms with Crippen molar-refractivity contribution >= 4 is 28.3 Å². The van der Waals surface area contributed by atoms with Gasteiger partial charge in [-0.1, -0.05) is 54.6 Å². The molecule has 154 valence electrons. The molecule has 5 heteroatoms. The molecule has 0 bridgehead atoms. The van der Waals surface area contributed by atoms with Crippen LogP contribution in [-0.4, -0.2) is 41.3 Å². The number of benzene rings is 2. The molecule has 0 saturated heterocycles. The van der Waals surface area contributed by atoms with E-state index in [0.717, 1.165) is 18.4 Å². The smallest absolute Gasteiger partial charge is 0.223 e. The average molecular weight is 402 g/mol. The molecule has 5 nitrogen and oxygen atoms in total. The first-order chi connectivity index (χ1) is 14.7. The highest BCUT2D eigenvalue weighted by Crippen LogP contribution is 2.29. The van der Waals surface area contributed by atoms with Gasteiger partial charge in [-0.15, -0.1) is 0 Å². The van der Waals surface area contributed by atoms with E-state index in [1.807, 2.05) is 53.6 Å². The molecule has 1 aliphatic heterocycles. The van der Waals surface area contributed by atoms with Crippen molar-refractivity contribution in [2.24, 2.45) is 0 Å². The Bertz CT molecular complexity index is 1050. The summed E-state index contributed by atoms with van der Waals surface area (Å²) in [5.41, 5.74) is 4.82. The summed E-state index contributed by atoms with van der Waals surface area (Å²) in [5.74, 6) is -0.0197. The fourth-order valence-electron chi connectivity index (χ4n) is 3.94. The number of amides is 2. The Labute approximate surface area is 176 Å². The minimum atomic E-state index is -0.0636. The number of fused-ring (bicyclic) bond motifs is 1. The van der Waals surface area contributed by atoms with Gasteiger partial charge in [0.05, 0.1) is 0 Å². The zero-order valence-corrected chi connectivity index (χ0v) is 17.1. The van der Waals surface area contributed by atoms with Crippen LogP contribution in [0.4, 0.5) is 0 Å². The molecule has 0 atom stereocenters. The van der Waals surface area contributed by atoms with Crippen molar-refractivity contribution in [2.45, 2.75) is 25.7 Å². The van der Waals surface area contributed by atoms with Crippen LogP contribution in [0, 0.1) is 0 Å². The maximum absolute atomic E-state index is 12.5. The second-order valence-corrected chi connectivity index (χ2v) is 7.65. The number of hydrogen-bond donors (Lipinski definition) is 2. The van der Waals surface area contributed by atoms with E-state index in [0.29, 0.717) is 19.6 Å². The molecular formula is C25H27N3O2. The Hall–Kier alpha value is -3.34. The minimum absolute atomic E-state index is 0.0439. The van der Waals surface area contributed by atoms with Crippen LogP contribution in [0.2, 0.25) is 0 Å². The van der Waals surface area contributed by atoms with Crippen molar-refractivity contribution < 1.29 is 9.59 Å². The number of H-pyrrole nitrogens is 1. The lowest BCUT2D eigenvalue weighted by Gasteiger charge is -2.26. The summed E-state index contributed by atoms with van der Waals surface area (Å²) < 4.78 is 0. The van der Waals surface area contributed by atoms with Crippen LogP contribution in [-0.2, 0) is 16.0 Å². The molecular weight excluding hydrogens is 374 g/mol. The molecule has 0 saturated carbocycles. The van der Waals surface area contributed by atoms with Crippen molar-refractivity contribution in [3.63, 3.8) is 0 Å². The Morgan fingerprint density at radius 2 is 1.80 bits per heavy atom. The molecule has 0 radical (unpaired) electrons. The van der Waals surface area contributed by atoms with E-state index < -0.39 is 0 Å². The summed E-state index contributed by atoms with van der Waals surface area (Å²) in [4.78, 5) is 29.7. The first-order valence-electron chi connectivity index (χ1n) is 10.5. The van der Waals surface area contributed by atoms with Gasteiger partial charge >= 0.3 is 0 Å². The standard InChI is InChI=1S/C25H27N3O2/c29-24(26-15-12-19-6-2-1-3-7-19)10-11-25(30)28-16-13-20(14-17-28)22-18-27-23-9-5-4-8-21(22)23/h1-9,13,18,27H,10-12,14-17H2,(H,26,29). The van der Waals surface area contributed by atoms with Gasteiger partial charge in [0.2, 0.25) is 11.8 Å². The van der Waals surface area contributed by atoms with Crippen LogP contribution in [0.25, 0.3) is 16.5 Å². The third-order valence-electron chi connectivity index (χ3n) is 5.64. The van der Waals surface area contributed by atoms with Crippen LogP contribution < -0.4 is 5.32 Å². The molecule has 2 N–H and O–H groups in total. The zero-order valence-electron chi connectivity index (χ0n) is 17.1. The number of aromatic amines is 1. The van der Waals surface area contributed by atoms with E-state index in [9.17, 15) is 9.59 Å². The highest BCUT2D eigenvalue weighted by Gasteiger charge is 2.19. The van der Waals surface area contributed by atoms with E-state index >= 15 is 0 Å². The van der Waals surface area contributed by atoms with Crippen molar-refractivity contribution in [1.82, 2.24) is 15.2 Å². The SMILES string of the molecule is O=C(CCC(=O)N1CC=C(c2c[nH]c3ccccc23)CC1)NCCc1ccccc1. The number of carbonyl (C=O) groups excluding carboxylic acids is 2. The predicted octanol–water partition coefficient (Wildman–Crippen LogP) is 3.92. The van der Waals surface area contributed by atoms with Crippen LogP contribution in [0.3, 0.4) is 0 Å². The van der Waals surface area contributed by atoms with Gasteiger partial charge in [0.25, 0.3) is 0 Å². The Morgan fingerprint density at radius 3 is 2.60 bits per heavy atom. The summed E-state index contributed by atoms with van der Waals surface area (Å²) >= 11 is 0. The van der Waals surface area contributed by atoms with Gasteiger partial charge in [0.15, 0.2) is 0 Å². The topological polar surface area (TPSA) is 65.2 Å². The molecule has 4 rings (SSSR count). The predicted molar refractivity (Wildman–Crippen MR) is 120 cm³/mol. The molecule has 1 aromatic heterocycles. The van der Waals surface area contributed by atoms with Crippen LogP contribution in [0.5, 0.6) is 0 Å².